The number of rotatable bonds is 1. The first-order valence-corrected chi connectivity index (χ1v) is 3.36. The molecule has 0 saturated carbocycles. The highest BCUT2D eigenvalue weighted by Gasteiger charge is 2.49. The van der Waals surface area contributed by atoms with E-state index in [4.69, 9.17) is 20.1 Å². The van der Waals surface area contributed by atoms with E-state index in [9.17, 15) is 5.11 Å². The molecule has 1 fully saturated rings. The first kappa shape index (κ1) is 8.89. The summed E-state index contributed by atoms with van der Waals surface area (Å²) in [5.74, 6) is -1.76. The van der Waals surface area contributed by atoms with Gasteiger partial charge in [0, 0.05) is 0 Å². The monoisotopic (exact) mass is 164 g/mol. The van der Waals surface area contributed by atoms with Gasteiger partial charge in [0.1, 0.15) is 18.3 Å². The Morgan fingerprint density at radius 3 is 2.18 bits per heavy atom. The summed E-state index contributed by atoms with van der Waals surface area (Å²) in [6.45, 7) is 0.810. The van der Waals surface area contributed by atoms with E-state index < -0.39 is 30.7 Å². The highest BCUT2D eigenvalue weighted by atomic mass is 16.7. The van der Waals surface area contributed by atoms with Crippen LogP contribution in [0.3, 0.4) is 0 Å². The van der Waals surface area contributed by atoms with Crippen LogP contribution in [0.5, 0.6) is 0 Å². The summed E-state index contributed by atoms with van der Waals surface area (Å²) in [5.41, 5.74) is 0. The molecule has 0 radical (unpaired) electrons. The predicted molar refractivity (Wildman–Crippen MR) is 34.6 cm³/mol. The Balaban J connectivity index is 2.69. The van der Waals surface area contributed by atoms with Crippen molar-refractivity contribution in [2.45, 2.75) is 31.0 Å². The molecule has 0 aromatic carbocycles. The van der Waals surface area contributed by atoms with Gasteiger partial charge in [-0.25, -0.2) is 0 Å². The molecule has 0 aromatic rings. The van der Waals surface area contributed by atoms with Gasteiger partial charge in [0.2, 0.25) is 0 Å². The minimum Gasteiger partial charge on any atom is -0.394 e. The predicted octanol–water partition coefficient (Wildman–Crippen LogP) is -2.19. The van der Waals surface area contributed by atoms with E-state index in [-0.39, 0.29) is 0 Å². The number of ether oxygens (including phenoxy) is 1. The summed E-state index contributed by atoms with van der Waals surface area (Å²) in [5, 5.41) is 36.0. The molecule has 0 bridgehead atoms. The van der Waals surface area contributed by atoms with Gasteiger partial charge in [-0.15, -0.1) is 0 Å². The van der Waals surface area contributed by atoms with Crippen molar-refractivity contribution in [3.05, 3.63) is 0 Å². The van der Waals surface area contributed by atoms with Gasteiger partial charge in [-0.2, -0.15) is 0 Å². The van der Waals surface area contributed by atoms with Crippen LogP contribution in [0, 0.1) is 0 Å². The second-order valence-corrected chi connectivity index (χ2v) is 2.83. The zero-order chi connectivity index (χ0) is 8.65. The van der Waals surface area contributed by atoms with Crippen molar-refractivity contribution in [3.8, 4) is 0 Å². The van der Waals surface area contributed by atoms with Crippen LogP contribution in [0.15, 0.2) is 0 Å². The summed E-state index contributed by atoms with van der Waals surface area (Å²) < 4.78 is 4.73. The maximum atomic E-state index is 9.19. The van der Waals surface area contributed by atoms with Gasteiger partial charge in [0.15, 0.2) is 5.79 Å². The van der Waals surface area contributed by atoms with E-state index in [1.54, 1.807) is 0 Å². The second-order valence-electron chi connectivity index (χ2n) is 2.83. The van der Waals surface area contributed by atoms with Crippen LogP contribution in [-0.2, 0) is 4.74 Å². The maximum absolute atomic E-state index is 9.19. The van der Waals surface area contributed by atoms with Crippen molar-refractivity contribution in [2.75, 3.05) is 6.61 Å². The van der Waals surface area contributed by atoms with Crippen LogP contribution in [0.2, 0.25) is 0 Å². The van der Waals surface area contributed by atoms with E-state index in [2.05, 4.69) is 0 Å². The van der Waals surface area contributed by atoms with E-state index >= 15 is 0 Å². The van der Waals surface area contributed by atoms with Crippen LogP contribution < -0.4 is 0 Å². The van der Waals surface area contributed by atoms with Gasteiger partial charge < -0.3 is 25.2 Å². The van der Waals surface area contributed by atoms with Gasteiger partial charge >= 0.3 is 0 Å². The molecule has 4 N–H and O–H groups in total. The molecule has 0 spiro atoms. The van der Waals surface area contributed by atoms with Gasteiger partial charge in [0.05, 0.1) is 6.61 Å². The fraction of sp³-hybridized carbons (Fsp3) is 1.00. The van der Waals surface area contributed by atoms with Crippen LogP contribution in [0.25, 0.3) is 0 Å². The molecule has 1 aliphatic heterocycles. The van der Waals surface area contributed by atoms with E-state index in [1.165, 1.54) is 6.92 Å². The summed E-state index contributed by atoms with van der Waals surface area (Å²) in [7, 11) is 0. The van der Waals surface area contributed by atoms with Crippen molar-refractivity contribution < 1.29 is 25.2 Å². The van der Waals surface area contributed by atoms with Crippen molar-refractivity contribution in [1.29, 1.82) is 0 Å². The fourth-order valence-electron chi connectivity index (χ4n) is 1.11. The lowest BCUT2D eigenvalue weighted by molar-refractivity contribution is -0.217. The average Bonchev–Trinajstić information content (AvgIpc) is 2.13. The third-order valence-electron chi connectivity index (χ3n) is 1.82. The fourth-order valence-corrected chi connectivity index (χ4v) is 1.11. The maximum Gasteiger partial charge on any atom is 0.192 e. The Kier molecular flexibility index (Phi) is 2.17. The Morgan fingerprint density at radius 1 is 1.45 bits per heavy atom. The molecular weight excluding hydrogens is 152 g/mol. The Bertz CT molecular complexity index is 146. The van der Waals surface area contributed by atoms with Crippen molar-refractivity contribution in [2.24, 2.45) is 0 Å². The summed E-state index contributed by atoms with van der Waals surface area (Å²) in [4.78, 5) is 0. The third-order valence-corrected chi connectivity index (χ3v) is 1.82. The molecular formula is C6H12O5. The van der Waals surface area contributed by atoms with E-state index in [0.717, 1.165) is 0 Å². The number of aliphatic hydroxyl groups is 4. The molecule has 11 heavy (non-hydrogen) atoms. The third kappa shape index (κ3) is 1.38. The normalized spacial score (nSPS) is 51.5. The number of hydrogen-bond donors (Lipinski definition) is 4. The summed E-state index contributed by atoms with van der Waals surface area (Å²) in [6, 6.07) is 0. The minimum atomic E-state index is -1.76. The molecule has 5 heteroatoms. The zero-order valence-electron chi connectivity index (χ0n) is 6.14. The highest BCUT2D eigenvalue weighted by molar-refractivity contribution is 4.92. The van der Waals surface area contributed by atoms with Crippen molar-refractivity contribution >= 4 is 0 Å². The Labute approximate surface area is 63.8 Å². The molecule has 0 aliphatic carbocycles. The topological polar surface area (TPSA) is 90.2 Å². The second kappa shape index (κ2) is 2.69. The molecule has 5 nitrogen and oxygen atoms in total. The first-order valence-electron chi connectivity index (χ1n) is 3.36. The van der Waals surface area contributed by atoms with Crippen molar-refractivity contribution in [3.63, 3.8) is 0 Å². The lowest BCUT2D eigenvalue weighted by atomic mass is 10.1. The Morgan fingerprint density at radius 2 is 2.00 bits per heavy atom. The summed E-state index contributed by atoms with van der Waals surface area (Å²) in [6.07, 6.45) is -3.49. The Hall–Kier alpha value is -0.200. The lowest BCUT2D eigenvalue weighted by Gasteiger charge is -2.19. The van der Waals surface area contributed by atoms with E-state index in [1.807, 2.05) is 0 Å². The van der Waals surface area contributed by atoms with Gasteiger partial charge in [0.25, 0.3) is 0 Å². The quantitative estimate of drug-likeness (QED) is 0.353. The van der Waals surface area contributed by atoms with Gasteiger partial charge in [-0.3, -0.25) is 0 Å². The molecule has 1 unspecified atom stereocenters. The smallest absolute Gasteiger partial charge is 0.192 e. The standard InChI is InChI=1S/C6H12O5/c1-6(10)5(9)4(8)3(2-7)11-6/h3-5,7-10H,2H2,1H3/t3-,4+,5-,6?/m0/s1. The van der Waals surface area contributed by atoms with Crippen LogP contribution in [0.4, 0.5) is 0 Å². The highest BCUT2D eigenvalue weighted by Crippen LogP contribution is 2.27. The molecule has 1 rings (SSSR count). The first-order chi connectivity index (χ1) is 4.99. The lowest BCUT2D eigenvalue weighted by Crippen LogP contribution is -2.40. The molecule has 1 heterocycles. The SMILES string of the molecule is CC1(O)O[C@@H](CO)[C@@H](O)[C@@H]1O. The van der Waals surface area contributed by atoms with Gasteiger partial charge in [-0.05, 0) is 6.92 Å². The number of hydrogen-bond acceptors (Lipinski definition) is 5. The molecule has 0 amide bonds. The molecule has 4 atom stereocenters. The molecule has 1 saturated heterocycles. The van der Waals surface area contributed by atoms with Crippen LogP contribution in [0.1, 0.15) is 6.92 Å². The zero-order valence-corrected chi connectivity index (χ0v) is 6.14. The largest absolute Gasteiger partial charge is 0.394 e. The van der Waals surface area contributed by atoms with Crippen LogP contribution in [-0.4, -0.2) is 51.1 Å². The molecule has 66 valence electrons. The molecule has 0 aromatic heterocycles. The minimum absolute atomic E-state index is 0.422. The average molecular weight is 164 g/mol. The van der Waals surface area contributed by atoms with Crippen molar-refractivity contribution in [1.82, 2.24) is 0 Å². The summed E-state index contributed by atoms with van der Waals surface area (Å²) >= 11 is 0. The van der Waals surface area contributed by atoms with Gasteiger partial charge in [-0.1, -0.05) is 0 Å². The number of aliphatic hydroxyl groups excluding tert-OH is 3. The van der Waals surface area contributed by atoms with Crippen LogP contribution >= 0.6 is 0 Å². The molecule has 1 aliphatic rings. The van der Waals surface area contributed by atoms with E-state index in [0.29, 0.717) is 0 Å².